The average Bonchev–Trinajstić information content (AvgIpc) is 2.28. The predicted octanol–water partition coefficient (Wildman–Crippen LogP) is 0.132. The highest BCUT2D eigenvalue weighted by Gasteiger charge is 2.32. The number of rotatable bonds is 4. The van der Waals surface area contributed by atoms with Crippen molar-refractivity contribution in [3.63, 3.8) is 0 Å². The van der Waals surface area contributed by atoms with Crippen molar-refractivity contribution in [2.24, 2.45) is 23.3 Å². The van der Waals surface area contributed by atoms with Gasteiger partial charge in [-0.05, 0) is 45.6 Å². The van der Waals surface area contributed by atoms with E-state index in [2.05, 4.69) is 5.32 Å². The molecule has 0 aromatic rings. The van der Waals surface area contributed by atoms with Gasteiger partial charge in [0, 0.05) is 5.92 Å². The number of nitrogens with one attached hydrogen (secondary N) is 1. The zero-order valence-electron chi connectivity index (χ0n) is 10.7. The van der Waals surface area contributed by atoms with Crippen LogP contribution in [0.3, 0.4) is 0 Å². The van der Waals surface area contributed by atoms with Gasteiger partial charge in [-0.1, -0.05) is 6.42 Å². The first kappa shape index (κ1) is 14.0. The van der Waals surface area contributed by atoms with E-state index in [9.17, 15) is 9.59 Å². The minimum Gasteiger partial charge on any atom is -0.368 e. The highest BCUT2D eigenvalue weighted by molar-refractivity contribution is 5.90. The van der Waals surface area contributed by atoms with Crippen LogP contribution in [0.25, 0.3) is 0 Å². The van der Waals surface area contributed by atoms with Crippen LogP contribution in [0.15, 0.2) is 0 Å². The molecule has 2 amide bonds. The molecule has 5 nitrogen and oxygen atoms in total. The average molecular weight is 241 g/mol. The second-order valence-corrected chi connectivity index (χ2v) is 5.44. The third kappa shape index (κ3) is 3.70. The Bertz CT molecular complexity index is 302. The molecule has 5 heteroatoms. The summed E-state index contributed by atoms with van der Waals surface area (Å²) in [6.45, 7) is 3.87. The van der Waals surface area contributed by atoms with Gasteiger partial charge in [0.25, 0.3) is 0 Å². The standard InChI is InChI=1S/C12H23N3O2/c1-12(2,11(14)17)15-10(16)9-5-3-4-8(6-9)7-13/h8-9H,3-7,13H2,1-2H3,(H2,14,17)(H,15,16). The first-order chi connectivity index (χ1) is 7.86. The van der Waals surface area contributed by atoms with E-state index < -0.39 is 11.4 Å². The Morgan fingerprint density at radius 1 is 1.35 bits per heavy atom. The summed E-state index contributed by atoms with van der Waals surface area (Å²) in [5.41, 5.74) is 9.88. The first-order valence-electron chi connectivity index (χ1n) is 6.19. The molecule has 1 saturated carbocycles. The van der Waals surface area contributed by atoms with Crippen LogP contribution >= 0.6 is 0 Å². The quantitative estimate of drug-likeness (QED) is 0.652. The van der Waals surface area contributed by atoms with Crippen LogP contribution < -0.4 is 16.8 Å². The molecule has 0 saturated heterocycles. The summed E-state index contributed by atoms with van der Waals surface area (Å²) in [4.78, 5) is 23.2. The number of hydrogen-bond acceptors (Lipinski definition) is 3. The largest absolute Gasteiger partial charge is 0.368 e. The molecule has 0 aliphatic heterocycles. The van der Waals surface area contributed by atoms with Crippen molar-refractivity contribution >= 4 is 11.8 Å². The van der Waals surface area contributed by atoms with Crippen molar-refractivity contribution in [1.82, 2.24) is 5.32 Å². The van der Waals surface area contributed by atoms with Gasteiger partial charge in [-0.2, -0.15) is 0 Å². The molecule has 1 fully saturated rings. The molecule has 1 rings (SSSR count). The van der Waals surface area contributed by atoms with Gasteiger partial charge in [-0.15, -0.1) is 0 Å². The molecule has 2 unspecified atom stereocenters. The van der Waals surface area contributed by atoms with Crippen LogP contribution in [0.2, 0.25) is 0 Å². The Morgan fingerprint density at radius 3 is 2.53 bits per heavy atom. The topological polar surface area (TPSA) is 98.2 Å². The summed E-state index contributed by atoms with van der Waals surface area (Å²) in [6.07, 6.45) is 3.81. The second-order valence-electron chi connectivity index (χ2n) is 5.44. The second kappa shape index (κ2) is 5.49. The SMILES string of the molecule is CC(C)(NC(=O)C1CCCC(CN)C1)C(N)=O. The van der Waals surface area contributed by atoms with Gasteiger partial charge >= 0.3 is 0 Å². The van der Waals surface area contributed by atoms with E-state index in [0.29, 0.717) is 12.5 Å². The summed E-state index contributed by atoms with van der Waals surface area (Å²) >= 11 is 0. The van der Waals surface area contributed by atoms with Crippen molar-refractivity contribution in [3.8, 4) is 0 Å². The molecule has 0 spiro atoms. The normalized spacial score (nSPS) is 25.4. The van der Waals surface area contributed by atoms with E-state index in [-0.39, 0.29) is 11.8 Å². The van der Waals surface area contributed by atoms with Gasteiger partial charge in [0.2, 0.25) is 11.8 Å². The van der Waals surface area contributed by atoms with Gasteiger partial charge < -0.3 is 16.8 Å². The molecule has 2 atom stereocenters. The monoisotopic (exact) mass is 241 g/mol. The Balaban J connectivity index is 2.55. The van der Waals surface area contributed by atoms with Crippen LogP contribution in [0.4, 0.5) is 0 Å². The number of amides is 2. The van der Waals surface area contributed by atoms with Gasteiger partial charge in [-0.25, -0.2) is 0 Å². The maximum atomic E-state index is 12.0. The molecule has 98 valence electrons. The van der Waals surface area contributed by atoms with Crippen LogP contribution in [0.1, 0.15) is 39.5 Å². The number of hydrogen-bond donors (Lipinski definition) is 3. The third-order valence-corrected chi connectivity index (χ3v) is 3.54. The zero-order valence-corrected chi connectivity index (χ0v) is 10.7. The summed E-state index contributed by atoms with van der Waals surface area (Å²) in [5.74, 6) is -0.198. The molecule has 1 aliphatic carbocycles. The highest BCUT2D eigenvalue weighted by atomic mass is 16.2. The lowest BCUT2D eigenvalue weighted by Gasteiger charge is -2.30. The van der Waals surface area contributed by atoms with Crippen LogP contribution in [0, 0.1) is 11.8 Å². The molecular formula is C12H23N3O2. The van der Waals surface area contributed by atoms with Crippen molar-refractivity contribution in [1.29, 1.82) is 0 Å². The van der Waals surface area contributed by atoms with Crippen molar-refractivity contribution in [3.05, 3.63) is 0 Å². The Labute approximate surface area is 102 Å². The molecule has 0 aromatic carbocycles. The van der Waals surface area contributed by atoms with E-state index in [0.717, 1.165) is 25.7 Å². The zero-order chi connectivity index (χ0) is 13.1. The summed E-state index contributed by atoms with van der Waals surface area (Å²) in [6, 6.07) is 0. The molecule has 0 heterocycles. The molecule has 17 heavy (non-hydrogen) atoms. The van der Waals surface area contributed by atoms with Gasteiger partial charge in [0.15, 0.2) is 0 Å². The first-order valence-corrected chi connectivity index (χ1v) is 6.19. The van der Waals surface area contributed by atoms with E-state index in [1.54, 1.807) is 13.8 Å². The number of primary amides is 1. The van der Waals surface area contributed by atoms with Gasteiger partial charge in [-0.3, -0.25) is 9.59 Å². The molecule has 0 aromatic heterocycles. The minimum absolute atomic E-state index is 0.0316. The molecular weight excluding hydrogens is 218 g/mol. The lowest BCUT2D eigenvalue weighted by molar-refractivity contribution is -0.133. The van der Waals surface area contributed by atoms with E-state index >= 15 is 0 Å². The fourth-order valence-corrected chi connectivity index (χ4v) is 2.21. The van der Waals surface area contributed by atoms with E-state index in [4.69, 9.17) is 11.5 Å². The van der Waals surface area contributed by atoms with E-state index in [1.165, 1.54) is 0 Å². The summed E-state index contributed by atoms with van der Waals surface area (Å²) in [7, 11) is 0. The molecule has 5 N–H and O–H groups in total. The van der Waals surface area contributed by atoms with Crippen molar-refractivity contribution in [2.75, 3.05) is 6.54 Å². The summed E-state index contributed by atoms with van der Waals surface area (Å²) in [5, 5.41) is 2.72. The Kier molecular flexibility index (Phi) is 4.51. The van der Waals surface area contributed by atoms with Crippen LogP contribution in [-0.4, -0.2) is 23.9 Å². The Hall–Kier alpha value is -1.10. The lowest BCUT2D eigenvalue weighted by Crippen LogP contribution is -2.54. The predicted molar refractivity (Wildman–Crippen MR) is 65.9 cm³/mol. The number of carbonyl (C=O) groups excluding carboxylic acids is 2. The molecule has 1 aliphatic rings. The maximum absolute atomic E-state index is 12.0. The molecule has 0 radical (unpaired) electrons. The van der Waals surface area contributed by atoms with Crippen molar-refractivity contribution < 1.29 is 9.59 Å². The lowest BCUT2D eigenvalue weighted by atomic mass is 9.80. The van der Waals surface area contributed by atoms with Gasteiger partial charge in [0.05, 0.1) is 0 Å². The Morgan fingerprint density at radius 2 is 2.00 bits per heavy atom. The highest BCUT2D eigenvalue weighted by Crippen LogP contribution is 2.28. The van der Waals surface area contributed by atoms with Crippen LogP contribution in [0.5, 0.6) is 0 Å². The summed E-state index contributed by atoms with van der Waals surface area (Å²) < 4.78 is 0. The fraction of sp³-hybridized carbons (Fsp3) is 0.833. The number of carbonyl (C=O) groups is 2. The van der Waals surface area contributed by atoms with Crippen LogP contribution in [-0.2, 0) is 9.59 Å². The van der Waals surface area contributed by atoms with E-state index in [1.807, 2.05) is 0 Å². The fourth-order valence-electron chi connectivity index (χ4n) is 2.21. The number of nitrogens with two attached hydrogens (primary N) is 2. The minimum atomic E-state index is -0.979. The third-order valence-electron chi connectivity index (χ3n) is 3.54. The van der Waals surface area contributed by atoms with Crippen molar-refractivity contribution in [2.45, 2.75) is 45.1 Å². The molecule has 0 bridgehead atoms. The van der Waals surface area contributed by atoms with Gasteiger partial charge in [0.1, 0.15) is 5.54 Å². The smallest absolute Gasteiger partial charge is 0.242 e. The maximum Gasteiger partial charge on any atom is 0.242 e.